The van der Waals surface area contributed by atoms with Crippen LogP contribution in [0.15, 0.2) is 24.5 Å². The SMILES string of the molecule is CCN(CC(C)CN)C(=O)c1cccnc1. The van der Waals surface area contributed by atoms with Crippen molar-refractivity contribution in [2.45, 2.75) is 13.8 Å². The molecule has 16 heavy (non-hydrogen) atoms. The van der Waals surface area contributed by atoms with Gasteiger partial charge in [-0.25, -0.2) is 0 Å². The number of hydrogen-bond acceptors (Lipinski definition) is 3. The predicted molar refractivity (Wildman–Crippen MR) is 64.0 cm³/mol. The zero-order chi connectivity index (χ0) is 12.0. The summed E-state index contributed by atoms with van der Waals surface area (Å²) in [6.45, 7) is 5.99. The summed E-state index contributed by atoms with van der Waals surface area (Å²) < 4.78 is 0. The average molecular weight is 221 g/mol. The van der Waals surface area contributed by atoms with E-state index in [1.165, 1.54) is 0 Å². The van der Waals surface area contributed by atoms with Gasteiger partial charge in [-0.05, 0) is 31.5 Å². The van der Waals surface area contributed by atoms with Crippen LogP contribution in [0, 0.1) is 5.92 Å². The van der Waals surface area contributed by atoms with E-state index >= 15 is 0 Å². The molecule has 0 bridgehead atoms. The average Bonchev–Trinajstić information content (AvgIpc) is 2.35. The molecule has 4 nitrogen and oxygen atoms in total. The zero-order valence-electron chi connectivity index (χ0n) is 9.89. The lowest BCUT2D eigenvalue weighted by atomic mass is 10.1. The molecule has 0 aromatic carbocycles. The first kappa shape index (κ1) is 12.6. The van der Waals surface area contributed by atoms with Crippen molar-refractivity contribution in [3.05, 3.63) is 30.1 Å². The Kier molecular flexibility index (Phi) is 4.92. The van der Waals surface area contributed by atoms with Gasteiger partial charge >= 0.3 is 0 Å². The first-order valence-corrected chi connectivity index (χ1v) is 5.58. The van der Waals surface area contributed by atoms with Crippen LogP contribution in [0.5, 0.6) is 0 Å². The molecule has 0 radical (unpaired) electrons. The van der Waals surface area contributed by atoms with Crippen molar-refractivity contribution in [2.75, 3.05) is 19.6 Å². The van der Waals surface area contributed by atoms with E-state index in [9.17, 15) is 4.79 Å². The highest BCUT2D eigenvalue weighted by Crippen LogP contribution is 2.05. The van der Waals surface area contributed by atoms with Crippen LogP contribution in [-0.4, -0.2) is 35.4 Å². The molecule has 0 aliphatic rings. The Morgan fingerprint density at radius 1 is 1.62 bits per heavy atom. The van der Waals surface area contributed by atoms with Crippen molar-refractivity contribution in [1.82, 2.24) is 9.88 Å². The van der Waals surface area contributed by atoms with Crippen molar-refractivity contribution >= 4 is 5.91 Å². The number of nitrogens with two attached hydrogens (primary N) is 1. The molecule has 1 aromatic rings. The lowest BCUT2D eigenvalue weighted by Crippen LogP contribution is -2.36. The van der Waals surface area contributed by atoms with Crippen molar-refractivity contribution in [3.8, 4) is 0 Å². The summed E-state index contributed by atoms with van der Waals surface area (Å²) in [4.78, 5) is 17.8. The third-order valence-corrected chi connectivity index (χ3v) is 2.51. The maximum Gasteiger partial charge on any atom is 0.255 e. The molecular formula is C12H19N3O. The summed E-state index contributed by atoms with van der Waals surface area (Å²) in [5.41, 5.74) is 6.20. The van der Waals surface area contributed by atoms with E-state index in [0.717, 1.165) is 0 Å². The van der Waals surface area contributed by atoms with E-state index in [1.807, 2.05) is 13.8 Å². The number of pyridine rings is 1. The second-order valence-corrected chi connectivity index (χ2v) is 3.93. The van der Waals surface area contributed by atoms with Crippen LogP contribution in [0.25, 0.3) is 0 Å². The summed E-state index contributed by atoms with van der Waals surface area (Å²) in [6.07, 6.45) is 3.26. The first-order valence-electron chi connectivity index (χ1n) is 5.58. The van der Waals surface area contributed by atoms with Crippen LogP contribution in [0.2, 0.25) is 0 Å². The maximum absolute atomic E-state index is 12.1. The Labute approximate surface area is 96.5 Å². The van der Waals surface area contributed by atoms with Gasteiger partial charge in [-0.15, -0.1) is 0 Å². The lowest BCUT2D eigenvalue weighted by molar-refractivity contribution is 0.0743. The fourth-order valence-corrected chi connectivity index (χ4v) is 1.48. The van der Waals surface area contributed by atoms with Crippen molar-refractivity contribution in [2.24, 2.45) is 11.7 Å². The maximum atomic E-state index is 12.1. The minimum absolute atomic E-state index is 0.0240. The van der Waals surface area contributed by atoms with Gasteiger partial charge in [0.1, 0.15) is 0 Å². The Balaban J connectivity index is 2.70. The van der Waals surface area contributed by atoms with Crippen LogP contribution >= 0.6 is 0 Å². The van der Waals surface area contributed by atoms with Crippen molar-refractivity contribution < 1.29 is 4.79 Å². The number of nitrogens with zero attached hydrogens (tertiary/aromatic N) is 2. The topological polar surface area (TPSA) is 59.2 Å². The molecule has 0 saturated carbocycles. The second kappa shape index (κ2) is 6.23. The predicted octanol–water partition coefficient (Wildman–Crippen LogP) is 1.14. The molecule has 0 saturated heterocycles. The summed E-state index contributed by atoms with van der Waals surface area (Å²) in [5, 5.41) is 0. The highest BCUT2D eigenvalue weighted by atomic mass is 16.2. The standard InChI is InChI=1S/C12H19N3O/c1-3-15(9-10(2)7-13)12(16)11-5-4-6-14-8-11/h4-6,8,10H,3,7,9,13H2,1-2H3. The minimum atomic E-state index is 0.0240. The fourth-order valence-electron chi connectivity index (χ4n) is 1.48. The summed E-state index contributed by atoms with van der Waals surface area (Å²) in [5.74, 6) is 0.344. The van der Waals surface area contributed by atoms with Gasteiger partial charge in [0.2, 0.25) is 0 Å². The lowest BCUT2D eigenvalue weighted by Gasteiger charge is -2.23. The highest BCUT2D eigenvalue weighted by molar-refractivity contribution is 5.93. The quantitative estimate of drug-likeness (QED) is 0.811. The van der Waals surface area contributed by atoms with E-state index in [2.05, 4.69) is 4.98 Å². The Morgan fingerprint density at radius 2 is 2.38 bits per heavy atom. The van der Waals surface area contributed by atoms with Crippen LogP contribution in [0.4, 0.5) is 0 Å². The number of rotatable bonds is 5. The van der Waals surface area contributed by atoms with E-state index < -0.39 is 0 Å². The van der Waals surface area contributed by atoms with Gasteiger partial charge in [-0.2, -0.15) is 0 Å². The molecule has 1 rings (SSSR count). The Hall–Kier alpha value is -1.42. The van der Waals surface area contributed by atoms with Crippen LogP contribution in [0.3, 0.4) is 0 Å². The minimum Gasteiger partial charge on any atom is -0.339 e. The molecule has 0 spiro atoms. The number of carbonyl (C=O) groups excluding carboxylic acids is 1. The number of amides is 1. The van der Waals surface area contributed by atoms with Gasteiger partial charge in [0.25, 0.3) is 5.91 Å². The smallest absolute Gasteiger partial charge is 0.255 e. The van der Waals surface area contributed by atoms with E-state index in [0.29, 0.717) is 31.1 Å². The number of aromatic nitrogens is 1. The van der Waals surface area contributed by atoms with Gasteiger partial charge in [-0.1, -0.05) is 6.92 Å². The zero-order valence-corrected chi connectivity index (χ0v) is 9.89. The molecule has 2 N–H and O–H groups in total. The molecule has 88 valence electrons. The Morgan fingerprint density at radius 3 is 2.88 bits per heavy atom. The van der Waals surface area contributed by atoms with E-state index in [-0.39, 0.29) is 5.91 Å². The molecule has 1 amide bonds. The molecule has 1 unspecified atom stereocenters. The van der Waals surface area contributed by atoms with Crippen molar-refractivity contribution in [1.29, 1.82) is 0 Å². The third kappa shape index (κ3) is 3.31. The molecule has 0 fully saturated rings. The fraction of sp³-hybridized carbons (Fsp3) is 0.500. The highest BCUT2D eigenvalue weighted by Gasteiger charge is 2.15. The second-order valence-electron chi connectivity index (χ2n) is 3.93. The van der Waals surface area contributed by atoms with Gasteiger partial charge in [0, 0.05) is 25.5 Å². The third-order valence-electron chi connectivity index (χ3n) is 2.51. The van der Waals surface area contributed by atoms with Crippen LogP contribution in [0.1, 0.15) is 24.2 Å². The monoisotopic (exact) mass is 221 g/mol. The largest absolute Gasteiger partial charge is 0.339 e. The molecule has 1 aromatic heterocycles. The molecule has 0 aliphatic heterocycles. The Bertz CT molecular complexity index is 326. The van der Waals surface area contributed by atoms with E-state index in [4.69, 9.17) is 5.73 Å². The summed E-state index contributed by atoms with van der Waals surface area (Å²) in [7, 11) is 0. The summed E-state index contributed by atoms with van der Waals surface area (Å²) in [6, 6.07) is 3.55. The van der Waals surface area contributed by atoms with Crippen LogP contribution in [-0.2, 0) is 0 Å². The first-order chi connectivity index (χ1) is 7.69. The van der Waals surface area contributed by atoms with Crippen molar-refractivity contribution in [3.63, 3.8) is 0 Å². The normalized spacial score (nSPS) is 12.2. The van der Waals surface area contributed by atoms with Gasteiger partial charge in [0.05, 0.1) is 5.56 Å². The van der Waals surface area contributed by atoms with Crippen LogP contribution < -0.4 is 5.73 Å². The summed E-state index contributed by atoms with van der Waals surface area (Å²) >= 11 is 0. The number of carbonyl (C=O) groups is 1. The molecule has 1 heterocycles. The number of hydrogen-bond donors (Lipinski definition) is 1. The van der Waals surface area contributed by atoms with Gasteiger partial charge in [0.15, 0.2) is 0 Å². The van der Waals surface area contributed by atoms with Gasteiger partial charge in [-0.3, -0.25) is 9.78 Å². The van der Waals surface area contributed by atoms with Gasteiger partial charge < -0.3 is 10.6 Å². The molecule has 0 aliphatic carbocycles. The molecule has 1 atom stereocenters. The van der Waals surface area contributed by atoms with E-state index in [1.54, 1.807) is 29.4 Å². The molecule has 4 heteroatoms. The molecular weight excluding hydrogens is 202 g/mol.